The molecule has 0 heterocycles. The molecule has 4 fully saturated rings. The fourth-order valence-electron chi connectivity index (χ4n) is 12.1. The molecule has 5 aliphatic carbocycles. The second-order valence-corrected chi connectivity index (χ2v) is 17.1. The zero-order valence-electron chi connectivity index (χ0n) is 27.4. The second-order valence-electron chi connectivity index (χ2n) is 17.1. The van der Waals surface area contributed by atoms with Crippen LogP contribution in [0.2, 0.25) is 0 Å². The second kappa shape index (κ2) is 9.93. The summed E-state index contributed by atoms with van der Waals surface area (Å²) in [6, 6.07) is 10.5. The summed E-state index contributed by atoms with van der Waals surface area (Å²) in [5.41, 5.74) is 4.07. The SMILES string of the molecule is CO[C@@H]1CC(C)(C)C[C@H]2C3=CC[C@@H]4[C@@]5(C)CC[C@H](OCc6ccccc6)[C@](C)(CO)[C@@H]5CC[C@@]4(C)[C@]3(C)CC[C@@]12C. The summed E-state index contributed by atoms with van der Waals surface area (Å²) in [6.45, 7) is 18.6. The number of methoxy groups -OCH3 is 1. The molecule has 228 valence electrons. The van der Waals surface area contributed by atoms with Gasteiger partial charge in [-0.2, -0.15) is 0 Å². The number of benzene rings is 1. The van der Waals surface area contributed by atoms with Gasteiger partial charge in [0.05, 0.1) is 25.4 Å². The summed E-state index contributed by atoms with van der Waals surface area (Å²) in [5.74, 6) is 1.73. The zero-order chi connectivity index (χ0) is 29.5. The summed E-state index contributed by atoms with van der Waals surface area (Å²) in [7, 11) is 1.95. The van der Waals surface area contributed by atoms with Crippen molar-refractivity contribution in [1.29, 1.82) is 0 Å². The third-order valence-electron chi connectivity index (χ3n) is 14.7. The van der Waals surface area contributed by atoms with E-state index in [9.17, 15) is 5.11 Å². The molecule has 10 atom stereocenters. The first-order chi connectivity index (χ1) is 19.3. The van der Waals surface area contributed by atoms with Gasteiger partial charge in [0.25, 0.3) is 0 Å². The van der Waals surface area contributed by atoms with Crippen LogP contribution in [0.15, 0.2) is 42.0 Å². The van der Waals surface area contributed by atoms with E-state index in [0.717, 1.165) is 6.42 Å². The van der Waals surface area contributed by atoms with Gasteiger partial charge < -0.3 is 14.6 Å². The van der Waals surface area contributed by atoms with Gasteiger partial charge in [0, 0.05) is 17.9 Å². The van der Waals surface area contributed by atoms with Crippen LogP contribution in [0.5, 0.6) is 0 Å². The topological polar surface area (TPSA) is 38.7 Å². The van der Waals surface area contributed by atoms with E-state index in [4.69, 9.17) is 9.47 Å². The summed E-state index contributed by atoms with van der Waals surface area (Å²) in [6.07, 6.45) is 14.1. The average molecular weight is 563 g/mol. The Morgan fingerprint density at radius 3 is 2.22 bits per heavy atom. The minimum absolute atomic E-state index is 0.103. The Bertz CT molecular complexity index is 1160. The van der Waals surface area contributed by atoms with Crippen LogP contribution in [-0.4, -0.2) is 31.0 Å². The van der Waals surface area contributed by atoms with Gasteiger partial charge in [0.15, 0.2) is 0 Å². The molecule has 3 heteroatoms. The van der Waals surface area contributed by atoms with E-state index in [0.29, 0.717) is 35.9 Å². The molecule has 0 radical (unpaired) electrons. The van der Waals surface area contributed by atoms with Crippen molar-refractivity contribution in [3.05, 3.63) is 47.5 Å². The van der Waals surface area contributed by atoms with Crippen molar-refractivity contribution in [2.24, 2.45) is 50.2 Å². The third kappa shape index (κ3) is 4.21. The molecule has 5 aliphatic rings. The van der Waals surface area contributed by atoms with Crippen molar-refractivity contribution in [3.63, 3.8) is 0 Å². The molecule has 0 amide bonds. The Hall–Kier alpha value is -1.16. The van der Waals surface area contributed by atoms with Crippen LogP contribution in [0, 0.1) is 50.2 Å². The predicted molar refractivity (Wildman–Crippen MR) is 167 cm³/mol. The first kappa shape index (κ1) is 29.9. The average Bonchev–Trinajstić information content (AvgIpc) is 2.94. The Kier molecular flexibility index (Phi) is 7.24. The van der Waals surface area contributed by atoms with Crippen LogP contribution < -0.4 is 0 Å². The van der Waals surface area contributed by atoms with E-state index >= 15 is 0 Å². The summed E-state index contributed by atoms with van der Waals surface area (Å²) < 4.78 is 12.9. The number of ether oxygens (including phenoxy) is 2. The first-order valence-corrected chi connectivity index (χ1v) is 16.8. The molecule has 3 nitrogen and oxygen atoms in total. The summed E-state index contributed by atoms with van der Waals surface area (Å²) in [4.78, 5) is 0. The van der Waals surface area contributed by atoms with Crippen molar-refractivity contribution in [1.82, 2.24) is 0 Å². The number of rotatable bonds is 5. The number of hydrogen-bond acceptors (Lipinski definition) is 3. The maximum Gasteiger partial charge on any atom is 0.0720 e. The Labute approximate surface area is 250 Å². The number of fused-ring (bicyclic) bond motifs is 7. The van der Waals surface area contributed by atoms with Crippen LogP contribution in [0.4, 0.5) is 0 Å². The van der Waals surface area contributed by atoms with E-state index in [-0.39, 0.29) is 39.8 Å². The molecule has 1 aromatic rings. The van der Waals surface area contributed by atoms with E-state index in [1.54, 1.807) is 5.57 Å². The molecule has 0 bridgehead atoms. The standard InChI is InChI=1S/C38H58O3/c1-33(2)22-28-27-14-15-30-35(4)18-17-31(41-24-26-12-10-9-11-13-26)36(5,25-39)29(35)16-19-38(30,7)37(27,6)21-20-34(28,3)32(23-33)40-8/h9-14,28-32,39H,15-25H2,1-8H3/t28-,29+,30+,31-,32+,34+,35-,36+,37+,38+/m0/s1. The lowest BCUT2D eigenvalue weighted by molar-refractivity contribution is -0.228. The molecule has 6 rings (SSSR count). The maximum absolute atomic E-state index is 11.0. The molecule has 0 spiro atoms. The van der Waals surface area contributed by atoms with Gasteiger partial charge >= 0.3 is 0 Å². The van der Waals surface area contributed by atoms with Gasteiger partial charge in [-0.25, -0.2) is 0 Å². The lowest BCUT2D eigenvalue weighted by atomic mass is 9.33. The van der Waals surface area contributed by atoms with E-state index in [1.807, 2.05) is 7.11 Å². The lowest BCUT2D eigenvalue weighted by Gasteiger charge is -2.72. The third-order valence-corrected chi connectivity index (χ3v) is 14.7. The monoisotopic (exact) mass is 562 g/mol. The summed E-state index contributed by atoms with van der Waals surface area (Å²) >= 11 is 0. The van der Waals surface area contributed by atoms with Crippen molar-refractivity contribution >= 4 is 0 Å². The Morgan fingerprint density at radius 1 is 0.805 bits per heavy atom. The number of aliphatic hydroxyl groups is 1. The van der Waals surface area contributed by atoms with E-state index < -0.39 is 0 Å². The van der Waals surface area contributed by atoms with Crippen molar-refractivity contribution < 1.29 is 14.6 Å². The molecule has 4 saturated carbocycles. The maximum atomic E-state index is 11.0. The Balaban J connectivity index is 1.32. The van der Waals surface area contributed by atoms with Crippen LogP contribution in [0.3, 0.4) is 0 Å². The highest BCUT2D eigenvalue weighted by Gasteiger charge is 2.69. The number of hydrogen-bond donors (Lipinski definition) is 1. The quantitative estimate of drug-likeness (QED) is 0.364. The smallest absolute Gasteiger partial charge is 0.0720 e. The van der Waals surface area contributed by atoms with Crippen LogP contribution >= 0.6 is 0 Å². The highest BCUT2D eigenvalue weighted by atomic mass is 16.5. The molecular formula is C38H58O3. The van der Waals surface area contributed by atoms with E-state index in [2.05, 4.69) is 84.9 Å². The fraction of sp³-hybridized carbons (Fsp3) is 0.789. The number of allylic oxidation sites excluding steroid dienone is 2. The van der Waals surface area contributed by atoms with Gasteiger partial charge in [-0.1, -0.05) is 90.4 Å². The fourth-order valence-corrected chi connectivity index (χ4v) is 12.1. The molecule has 0 aliphatic heterocycles. The van der Waals surface area contributed by atoms with Gasteiger partial charge in [-0.05, 0) is 103 Å². The van der Waals surface area contributed by atoms with Crippen LogP contribution in [-0.2, 0) is 16.1 Å². The molecule has 0 saturated heterocycles. The highest BCUT2D eigenvalue weighted by Crippen LogP contribution is 2.75. The minimum atomic E-state index is -0.210. The predicted octanol–water partition coefficient (Wildman–Crippen LogP) is 8.99. The van der Waals surface area contributed by atoms with Crippen molar-refractivity contribution in [2.45, 2.75) is 125 Å². The molecule has 41 heavy (non-hydrogen) atoms. The van der Waals surface area contributed by atoms with Gasteiger partial charge in [0.2, 0.25) is 0 Å². The zero-order valence-corrected chi connectivity index (χ0v) is 27.4. The lowest BCUT2D eigenvalue weighted by Crippen LogP contribution is -2.66. The Morgan fingerprint density at radius 2 is 1.54 bits per heavy atom. The number of aliphatic hydroxyl groups excluding tert-OH is 1. The van der Waals surface area contributed by atoms with E-state index in [1.165, 1.54) is 56.9 Å². The summed E-state index contributed by atoms with van der Waals surface area (Å²) in [5, 5.41) is 11.0. The van der Waals surface area contributed by atoms with Crippen LogP contribution in [0.1, 0.15) is 112 Å². The first-order valence-electron chi connectivity index (χ1n) is 16.8. The molecular weight excluding hydrogens is 504 g/mol. The molecule has 1 aromatic carbocycles. The largest absolute Gasteiger partial charge is 0.396 e. The highest BCUT2D eigenvalue weighted by molar-refractivity contribution is 5.34. The minimum Gasteiger partial charge on any atom is -0.396 e. The molecule has 0 unspecified atom stereocenters. The molecule has 1 N–H and O–H groups in total. The normalized spacial score (nSPS) is 48.7. The van der Waals surface area contributed by atoms with Gasteiger partial charge in [0.1, 0.15) is 0 Å². The van der Waals surface area contributed by atoms with Gasteiger partial charge in [-0.3, -0.25) is 0 Å². The molecule has 0 aromatic heterocycles. The van der Waals surface area contributed by atoms with Crippen molar-refractivity contribution in [3.8, 4) is 0 Å². The van der Waals surface area contributed by atoms with Crippen molar-refractivity contribution in [2.75, 3.05) is 13.7 Å². The van der Waals surface area contributed by atoms with Gasteiger partial charge in [-0.15, -0.1) is 0 Å². The van der Waals surface area contributed by atoms with Crippen LogP contribution in [0.25, 0.3) is 0 Å².